The summed E-state index contributed by atoms with van der Waals surface area (Å²) in [6, 6.07) is 22.4. The van der Waals surface area contributed by atoms with Crippen molar-refractivity contribution in [2.75, 3.05) is 11.5 Å². The first-order valence-electron chi connectivity index (χ1n) is 6.78. The van der Waals surface area contributed by atoms with Gasteiger partial charge in [-0.15, -0.1) is 11.8 Å². The molecule has 0 aliphatic rings. The molecule has 0 saturated carbocycles. The predicted octanol–water partition coefficient (Wildman–Crippen LogP) is 4.57. The molecule has 2 heteroatoms. The van der Waals surface area contributed by atoms with E-state index in [1.807, 2.05) is 36.4 Å². The second kappa shape index (κ2) is 6.39. The zero-order valence-corrected chi connectivity index (χ0v) is 12.4. The molecule has 0 aromatic heterocycles. The average molecular weight is 289 g/mol. The zero-order valence-electron chi connectivity index (χ0n) is 11.5. The molecule has 1 nitrogen and oxygen atoms in total. The first-order chi connectivity index (χ1) is 10.3. The lowest BCUT2D eigenvalue weighted by Gasteiger charge is -2.01. The maximum atomic E-state index is 5.92. The third-order valence-electron chi connectivity index (χ3n) is 3.23. The Hall–Kier alpha value is -2.37. The average Bonchev–Trinajstić information content (AvgIpc) is 2.53. The van der Waals surface area contributed by atoms with E-state index < -0.39 is 0 Å². The van der Waals surface area contributed by atoms with Crippen molar-refractivity contribution in [1.29, 1.82) is 0 Å². The third kappa shape index (κ3) is 3.21. The zero-order chi connectivity index (χ0) is 14.5. The van der Waals surface area contributed by atoms with Gasteiger partial charge in [0.05, 0.1) is 5.75 Å². The molecule has 0 bridgehead atoms. The number of para-hydroxylation sites is 1. The van der Waals surface area contributed by atoms with Crippen molar-refractivity contribution in [2.45, 2.75) is 4.90 Å². The second-order valence-electron chi connectivity index (χ2n) is 4.65. The smallest absolute Gasteiger partial charge is 0.0599 e. The minimum Gasteiger partial charge on any atom is -0.398 e. The van der Waals surface area contributed by atoms with Crippen molar-refractivity contribution in [1.82, 2.24) is 0 Å². The van der Waals surface area contributed by atoms with Crippen LogP contribution in [0.4, 0.5) is 5.69 Å². The molecular formula is C19H15NS. The topological polar surface area (TPSA) is 26.0 Å². The molecule has 0 fully saturated rings. The lowest BCUT2D eigenvalue weighted by atomic mass is 10.1. The van der Waals surface area contributed by atoms with E-state index in [1.54, 1.807) is 11.8 Å². The van der Waals surface area contributed by atoms with Crippen LogP contribution in [-0.2, 0) is 0 Å². The van der Waals surface area contributed by atoms with Crippen LogP contribution in [0.15, 0.2) is 71.6 Å². The fourth-order valence-corrected chi connectivity index (χ4v) is 2.90. The molecule has 21 heavy (non-hydrogen) atoms. The van der Waals surface area contributed by atoms with Crippen LogP contribution in [0.5, 0.6) is 0 Å². The van der Waals surface area contributed by atoms with Crippen LogP contribution in [0, 0.1) is 11.8 Å². The van der Waals surface area contributed by atoms with Crippen LogP contribution >= 0.6 is 11.8 Å². The van der Waals surface area contributed by atoms with Crippen LogP contribution in [0.2, 0.25) is 0 Å². The number of fused-ring (bicyclic) bond motifs is 1. The van der Waals surface area contributed by atoms with Gasteiger partial charge in [-0.3, -0.25) is 0 Å². The van der Waals surface area contributed by atoms with Crippen molar-refractivity contribution in [3.05, 3.63) is 72.3 Å². The van der Waals surface area contributed by atoms with Crippen molar-refractivity contribution in [3.8, 4) is 11.8 Å². The van der Waals surface area contributed by atoms with E-state index in [2.05, 4.69) is 42.2 Å². The first-order valence-corrected chi connectivity index (χ1v) is 7.77. The lowest BCUT2D eigenvalue weighted by Crippen LogP contribution is -1.87. The van der Waals surface area contributed by atoms with Gasteiger partial charge in [-0.25, -0.2) is 0 Å². The van der Waals surface area contributed by atoms with E-state index in [0.29, 0.717) is 0 Å². The molecule has 2 N–H and O–H groups in total. The lowest BCUT2D eigenvalue weighted by molar-refractivity contribution is 1.46. The standard InChI is InChI=1S/C19H15NS/c20-18-12-3-4-13-19(18)21-14-6-10-16-9-5-8-15-7-1-2-11-17(15)16/h1-5,7-9,11-13H,14,20H2. The van der Waals surface area contributed by atoms with Crippen molar-refractivity contribution in [2.24, 2.45) is 0 Å². The minimum absolute atomic E-state index is 0.734. The van der Waals surface area contributed by atoms with Gasteiger partial charge in [0.15, 0.2) is 0 Å². The summed E-state index contributed by atoms with van der Waals surface area (Å²) in [5.74, 6) is 7.23. The summed E-state index contributed by atoms with van der Waals surface area (Å²) in [6.45, 7) is 0. The highest BCUT2D eigenvalue weighted by Crippen LogP contribution is 2.23. The Labute approximate surface area is 129 Å². The maximum absolute atomic E-state index is 5.92. The monoisotopic (exact) mass is 289 g/mol. The van der Waals surface area contributed by atoms with E-state index >= 15 is 0 Å². The van der Waals surface area contributed by atoms with Crippen LogP contribution in [0.3, 0.4) is 0 Å². The minimum atomic E-state index is 0.734. The highest BCUT2D eigenvalue weighted by atomic mass is 32.2. The number of nitrogen functional groups attached to an aromatic ring is 1. The Balaban J connectivity index is 1.77. The molecular weight excluding hydrogens is 274 g/mol. The van der Waals surface area contributed by atoms with Crippen molar-refractivity contribution in [3.63, 3.8) is 0 Å². The van der Waals surface area contributed by atoms with E-state index in [9.17, 15) is 0 Å². The third-order valence-corrected chi connectivity index (χ3v) is 4.20. The number of nitrogens with two attached hydrogens (primary N) is 1. The normalized spacial score (nSPS) is 10.1. The van der Waals surface area contributed by atoms with Gasteiger partial charge in [0, 0.05) is 16.1 Å². The highest BCUT2D eigenvalue weighted by molar-refractivity contribution is 7.99. The molecule has 0 heterocycles. The van der Waals surface area contributed by atoms with E-state index in [4.69, 9.17) is 5.73 Å². The quantitative estimate of drug-likeness (QED) is 0.425. The summed E-state index contributed by atoms with van der Waals surface area (Å²) < 4.78 is 0. The summed E-state index contributed by atoms with van der Waals surface area (Å²) in [7, 11) is 0. The maximum Gasteiger partial charge on any atom is 0.0599 e. The van der Waals surface area contributed by atoms with Gasteiger partial charge in [-0.2, -0.15) is 0 Å². The second-order valence-corrected chi connectivity index (χ2v) is 5.67. The van der Waals surface area contributed by atoms with Gasteiger partial charge in [0.2, 0.25) is 0 Å². The Bertz CT molecular complexity index is 822. The molecule has 102 valence electrons. The SMILES string of the molecule is Nc1ccccc1SCC#Cc1cccc2ccccc12. The molecule has 0 radical (unpaired) electrons. The van der Waals surface area contributed by atoms with Crippen LogP contribution in [0.1, 0.15) is 5.56 Å². The van der Waals surface area contributed by atoms with E-state index in [1.165, 1.54) is 10.8 Å². The summed E-state index contributed by atoms with van der Waals surface area (Å²) in [4.78, 5) is 1.09. The molecule has 3 aromatic rings. The van der Waals surface area contributed by atoms with Gasteiger partial charge in [0.25, 0.3) is 0 Å². The number of thioether (sulfide) groups is 1. The fourth-order valence-electron chi connectivity index (χ4n) is 2.19. The van der Waals surface area contributed by atoms with Gasteiger partial charge in [-0.05, 0) is 29.0 Å². The highest BCUT2D eigenvalue weighted by Gasteiger charge is 1.97. The summed E-state index contributed by atoms with van der Waals surface area (Å²) >= 11 is 1.67. The molecule has 0 aliphatic carbocycles. The van der Waals surface area contributed by atoms with Gasteiger partial charge < -0.3 is 5.73 Å². The summed E-state index contributed by atoms with van der Waals surface area (Å²) in [5, 5.41) is 2.43. The largest absolute Gasteiger partial charge is 0.398 e. The Kier molecular flexibility index (Phi) is 4.14. The molecule has 3 aromatic carbocycles. The van der Waals surface area contributed by atoms with Crippen LogP contribution in [0.25, 0.3) is 10.8 Å². The van der Waals surface area contributed by atoms with Gasteiger partial charge in [0.1, 0.15) is 0 Å². The molecule has 0 unspecified atom stereocenters. The van der Waals surface area contributed by atoms with Crippen LogP contribution in [-0.4, -0.2) is 5.75 Å². The predicted molar refractivity (Wildman–Crippen MR) is 92.4 cm³/mol. The molecule has 0 saturated heterocycles. The molecule has 0 amide bonds. The Morgan fingerprint density at radius 3 is 2.52 bits per heavy atom. The molecule has 0 spiro atoms. The van der Waals surface area contributed by atoms with Gasteiger partial charge in [-0.1, -0.05) is 60.4 Å². The van der Waals surface area contributed by atoms with Crippen molar-refractivity contribution >= 4 is 28.2 Å². The molecule has 0 atom stereocenters. The summed E-state index contributed by atoms with van der Waals surface area (Å²) in [6.07, 6.45) is 0. The van der Waals surface area contributed by atoms with Gasteiger partial charge >= 0.3 is 0 Å². The molecule has 0 aliphatic heterocycles. The fraction of sp³-hybridized carbons (Fsp3) is 0.0526. The number of benzene rings is 3. The van der Waals surface area contributed by atoms with E-state index in [-0.39, 0.29) is 0 Å². The van der Waals surface area contributed by atoms with Crippen molar-refractivity contribution < 1.29 is 0 Å². The number of anilines is 1. The molecule has 3 rings (SSSR count). The Morgan fingerprint density at radius 2 is 1.62 bits per heavy atom. The number of hydrogen-bond acceptors (Lipinski definition) is 2. The van der Waals surface area contributed by atoms with E-state index in [0.717, 1.165) is 21.9 Å². The summed E-state index contributed by atoms with van der Waals surface area (Å²) in [5.41, 5.74) is 7.81. The first kappa shape index (κ1) is 13.6. The number of hydrogen-bond donors (Lipinski definition) is 1. The number of rotatable bonds is 2. The Morgan fingerprint density at radius 1 is 0.857 bits per heavy atom. The van der Waals surface area contributed by atoms with Crippen LogP contribution < -0.4 is 5.73 Å².